The molecule has 1 aromatic heterocycles. The van der Waals surface area contributed by atoms with Crippen LogP contribution in [0.25, 0.3) is 65.7 Å². The molecule has 0 radical (unpaired) electrons. The molecule has 0 amide bonds. The third-order valence-corrected chi connectivity index (χ3v) is 9.08. The van der Waals surface area contributed by atoms with E-state index in [2.05, 4.69) is 169 Å². The van der Waals surface area contributed by atoms with Crippen molar-refractivity contribution in [2.45, 2.75) is 0 Å². The van der Waals surface area contributed by atoms with Crippen LogP contribution in [0.2, 0.25) is 0 Å². The Morgan fingerprint density at radius 1 is 0.348 bits per heavy atom. The van der Waals surface area contributed by atoms with Gasteiger partial charge in [0.15, 0.2) is 0 Å². The van der Waals surface area contributed by atoms with Crippen molar-refractivity contribution in [1.82, 2.24) is 0 Å². The lowest BCUT2D eigenvalue weighted by atomic mass is 9.94. The highest BCUT2D eigenvalue weighted by molar-refractivity contribution is 6.12. The lowest BCUT2D eigenvalue weighted by molar-refractivity contribution is 0.670. The van der Waals surface area contributed by atoms with Gasteiger partial charge in [0.1, 0.15) is 11.2 Å². The molecule has 0 atom stereocenters. The number of nitrogens with zero attached hydrogens (tertiary/aromatic N) is 1. The van der Waals surface area contributed by atoms with Crippen LogP contribution in [-0.4, -0.2) is 0 Å². The average molecular weight is 588 g/mol. The second-order valence-corrected chi connectivity index (χ2v) is 11.7. The molecule has 9 rings (SSSR count). The van der Waals surface area contributed by atoms with Crippen molar-refractivity contribution in [3.8, 4) is 22.3 Å². The fraction of sp³-hybridized carbons (Fsp3) is 0. The third kappa shape index (κ3) is 4.27. The molecule has 0 aliphatic carbocycles. The van der Waals surface area contributed by atoms with Gasteiger partial charge in [0.05, 0.1) is 5.69 Å². The quantitative estimate of drug-likeness (QED) is 0.186. The molecule has 0 aliphatic rings. The summed E-state index contributed by atoms with van der Waals surface area (Å²) in [5.74, 6) is 0. The summed E-state index contributed by atoms with van der Waals surface area (Å²) in [6.45, 7) is 0. The maximum atomic E-state index is 6.49. The molecular weight excluding hydrogens is 558 g/mol. The van der Waals surface area contributed by atoms with Crippen LogP contribution in [0, 0.1) is 0 Å². The maximum absolute atomic E-state index is 6.49. The van der Waals surface area contributed by atoms with E-state index in [1.165, 1.54) is 32.7 Å². The zero-order valence-corrected chi connectivity index (χ0v) is 25.1. The van der Waals surface area contributed by atoms with Crippen molar-refractivity contribution in [1.29, 1.82) is 0 Å². The number of hydrogen-bond acceptors (Lipinski definition) is 2. The molecule has 0 aliphatic heterocycles. The van der Waals surface area contributed by atoms with Crippen molar-refractivity contribution in [2.24, 2.45) is 0 Å². The summed E-state index contributed by atoms with van der Waals surface area (Å²) >= 11 is 0. The number of furan rings is 1. The predicted octanol–water partition coefficient (Wildman–Crippen LogP) is 12.7. The third-order valence-electron chi connectivity index (χ3n) is 9.08. The van der Waals surface area contributed by atoms with E-state index in [1.54, 1.807) is 0 Å². The Hall–Kier alpha value is -6.12. The number of hydrogen-bond donors (Lipinski definition) is 0. The number of rotatable bonds is 5. The van der Waals surface area contributed by atoms with Crippen LogP contribution < -0.4 is 4.90 Å². The number of para-hydroxylation sites is 4. The molecule has 0 N–H and O–H groups in total. The van der Waals surface area contributed by atoms with Crippen LogP contribution in [0.4, 0.5) is 17.1 Å². The van der Waals surface area contributed by atoms with Gasteiger partial charge in [-0.05, 0) is 69.1 Å². The first-order valence-electron chi connectivity index (χ1n) is 15.7. The molecule has 0 saturated heterocycles. The maximum Gasteiger partial charge on any atom is 0.143 e. The molecule has 2 nitrogen and oxygen atoms in total. The van der Waals surface area contributed by atoms with Gasteiger partial charge in [-0.1, -0.05) is 140 Å². The zero-order chi connectivity index (χ0) is 30.5. The fourth-order valence-corrected chi connectivity index (χ4v) is 6.94. The molecule has 46 heavy (non-hydrogen) atoms. The largest absolute Gasteiger partial charge is 0.455 e. The van der Waals surface area contributed by atoms with Crippen LogP contribution in [0.3, 0.4) is 0 Å². The Kier molecular flexibility index (Phi) is 6.17. The summed E-state index contributed by atoms with van der Waals surface area (Å²) in [7, 11) is 0. The second kappa shape index (κ2) is 10.8. The van der Waals surface area contributed by atoms with Gasteiger partial charge in [0, 0.05) is 33.3 Å². The molecule has 0 bridgehead atoms. The van der Waals surface area contributed by atoms with E-state index < -0.39 is 0 Å². The van der Waals surface area contributed by atoms with E-state index in [0.29, 0.717) is 0 Å². The van der Waals surface area contributed by atoms with E-state index >= 15 is 0 Å². The molecule has 0 unspecified atom stereocenters. The molecular formula is C44H29NO. The van der Waals surface area contributed by atoms with Crippen LogP contribution in [0.1, 0.15) is 0 Å². The van der Waals surface area contributed by atoms with E-state index in [1.807, 2.05) is 12.1 Å². The summed E-state index contributed by atoms with van der Waals surface area (Å²) in [6.07, 6.45) is 0. The monoisotopic (exact) mass is 587 g/mol. The molecule has 216 valence electrons. The summed E-state index contributed by atoms with van der Waals surface area (Å²) in [5, 5.41) is 7.34. The van der Waals surface area contributed by atoms with Crippen LogP contribution in [0.5, 0.6) is 0 Å². The van der Waals surface area contributed by atoms with Crippen molar-refractivity contribution in [2.75, 3.05) is 4.90 Å². The first kappa shape index (κ1) is 26.3. The molecule has 1 heterocycles. The van der Waals surface area contributed by atoms with Gasteiger partial charge < -0.3 is 9.32 Å². The predicted molar refractivity (Wildman–Crippen MR) is 194 cm³/mol. The smallest absolute Gasteiger partial charge is 0.143 e. The van der Waals surface area contributed by atoms with Gasteiger partial charge in [-0.25, -0.2) is 0 Å². The summed E-state index contributed by atoms with van der Waals surface area (Å²) in [4.78, 5) is 2.34. The Morgan fingerprint density at radius 2 is 0.978 bits per heavy atom. The number of fused-ring (bicyclic) bond motifs is 6. The summed E-state index contributed by atoms with van der Waals surface area (Å²) in [6, 6.07) is 62.6. The molecule has 0 fully saturated rings. The standard InChI is InChI=1S/C44H29NO/c1-2-13-32(14-3-1)45(42-22-8-6-16-38(42)40-20-11-21-41-39-17-7-9-23-43(39)46-44(40)41)33-27-24-31(25-28-33)35-18-10-19-36-34-15-5-4-12-30(34)26-29-37(35)36/h1-29H. The SMILES string of the molecule is c1ccc(N(c2ccc(-c3cccc4c3ccc3ccccc34)cc2)c2ccccc2-c2cccc3c2oc2ccccc23)cc1. The Bertz CT molecular complexity index is 2530. The first-order chi connectivity index (χ1) is 22.8. The van der Waals surface area contributed by atoms with Crippen molar-refractivity contribution < 1.29 is 4.42 Å². The molecule has 0 spiro atoms. The lowest BCUT2D eigenvalue weighted by Crippen LogP contribution is -2.11. The number of anilines is 3. The first-order valence-corrected chi connectivity index (χ1v) is 15.7. The van der Waals surface area contributed by atoms with Crippen molar-refractivity contribution >= 4 is 60.5 Å². The highest BCUT2D eigenvalue weighted by Crippen LogP contribution is 2.44. The fourth-order valence-electron chi connectivity index (χ4n) is 6.94. The number of benzene rings is 8. The van der Waals surface area contributed by atoms with E-state index in [0.717, 1.165) is 50.1 Å². The normalized spacial score (nSPS) is 11.5. The van der Waals surface area contributed by atoms with Gasteiger partial charge in [0.2, 0.25) is 0 Å². The molecule has 8 aromatic carbocycles. The summed E-state index contributed by atoms with van der Waals surface area (Å²) < 4.78 is 6.49. The van der Waals surface area contributed by atoms with E-state index in [4.69, 9.17) is 4.42 Å². The lowest BCUT2D eigenvalue weighted by Gasteiger charge is -2.28. The van der Waals surface area contributed by atoms with Crippen LogP contribution in [-0.2, 0) is 0 Å². The van der Waals surface area contributed by atoms with Crippen LogP contribution >= 0.6 is 0 Å². The van der Waals surface area contributed by atoms with E-state index in [-0.39, 0.29) is 0 Å². The van der Waals surface area contributed by atoms with E-state index in [9.17, 15) is 0 Å². The zero-order valence-electron chi connectivity index (χ0n) is 25.1. The highest BCUT2D eigenvalue weighted by Gasteiger charge is 2.20. The summed E-state index contributed by atoms with van der Waals surface area (Å²) in [5.41, 5.74) is 9.69. The average Bonchev–Trinajstić information content (AvgIpc) is 3.52. The van der Waals surface area contributed by atoms with Crippen molar-refractivity contribution in [3.63, 3.8) is 0 Å². The molecule has 0 saturated carbocycles. The van der Waals surface area contributed by atoms with Gasteiger partial charge in [-0.3, -0.25) is 0 Å². The topological polar surface area (TPSA) is 16.4 Å². The molecule has 9 aromatic rings. The van der Waals surface area contributed by atoms with Crippen molar-refractivity contribution in [3.05, 3.63) is 176 Å². The van der Waals surface area contributed by atoms with Crippen LogP contribution in [0.15, 0.2) is 180 Å². The second-order valence-electron chi connectivity index (χ2n) is 11.7. The minimum atomic E-state index is 0.902. The Labute approximate surface area is 267 Å². The minimum Gasteiger partial charge on any atom is -0.455 e. The van der Waals surface area contributed by atoms with Gasteiger partial charge >= 0.3 is 0 Å². The van der Waals surface area contributed by atoms with Gasteiger partial charge in [0.25, 0.3) is 0 Å². The Balaban J connectivity index is 1.20. The minimum absolute atomic E-state index is 0.902. The Morgan fingerprint density at radius 3 is 1.85 bits per heavy atom. The highest BCUT2D eigenvalue weighted by atomic mass is 16.3. The molecule has 2 heteroatoms. The van der Waals surface area contributed by atoms with Gasteiger partial charge in [-0.15, -0.1) is 0 Å². The van der Waals surface area contributed by atoms with Gasteiger partial charge in [-0.2, -0.15) is 0 Å².